The topological polar surface area (TPSA) is 86.3 Å². The van der Waals surface area contributed by atoms with Gasteiger partial charge in [-0.15, -0.1) is 0 Å². The van der Waals surface area contributed by atoms with Crippen molar-refractivity contribution in [3.63, 3.8) is 0 Å². The number of para-hydroxylation sites is 1. The SMILES string of the molecule is O=C(O)c1[nH]ncc1N(C(=O)c1cccc(Cl)c1Cl)c1ccccc1. The van der Waals surface area contributed by atoms with Crippen molar-refractivity contribution in [2.75, 3.05) is 4.90 Å². The highest BCUT2D eigenvalue weighted by Crippen LogP contribution is 2.33. The van der Waals surface area contributed by atoms with Crippen LogP contribution in [-0.4, -0.2) is 27.2 Å². The smallest absolute Gasteiger partial charge is 0.356 e. The van der Waals surface area contributed by atoms with Gasteiger partial charge in [-0.2, -0.15) is 5.10 Å². The first-order valence-corrected chi connectivity index (χ1v) is 7.86. The van der Waals surface area contributed by atoms with Crippen molar-refractivity contribution < 1.29 is 14.7 Å². The number of nitrogens with zero attached hydrogens (tertiary/aromatic N) is 2. The highest BCUT2D eigenvalue weighted by molar-refractivity contribution is 6.44. The summed E-state index contributed by atoms with van der Waals surface area (Å²) in [6.45, 7) is 0. The number of rotatable bonds is 4. The first kappa shape index (κ1) is 17.0. The Morgan fingerprint density at radius 3 is 2.44 bits per heavy atom. The molecule has 1 amide bonds. The van der Waals surface area contributed by atoms with Gasteiger partial charge in [-0.05, 0) is 24.3 Å². The number of aromatic amines is 1. The van der Waals surface area contributed by atoms with E-state index in [-0.39, 0.29) is 27.0 Å². The summed E-state index contributed by atoms with van der Waals surface area (Å²) in [7, 11) is 0. The molecule has 0 atom stereocenters. The molecule has 3 rings (SSSR count). The molecule has 0 aliphatic heterocycles. The number of carboxylic acids is 1. The zero-order chi connectivity index (χ0) is 18.0. The second kappa shape index (κ2) is 6.96. The predicted octanol–water partition coefficient (Wildman–Crippen LogP) is 4.39. The van der Waals surface area contributed by atoms with Crippen LogP contribution in [-0.2, 0) is 0 Å². The van der Waals surface area contributed by atoms with E-state index in [0.29, 0.717) is 5.69 Å². The molecule has 0 aliphatic rings. The van der Waals surface area contributed by atoms with Crippen LogP contribution in [0.2, 0.25) is 10.0 Å². The molecule has 0 radical (unpaired) electrons. The number of hydrogen-bond acceptors (Lipinski definition) is 3. The Morgan fingerprint density at radius 1 is 1.04 bits per heavy atom. The van der Waals surface area contributed by atoms with Gasteiger partial charge in [0, 0.05) is 5.69 Å². The molecule has 0 fully saturated rings. The van der Waals surface area contributed by atoms with Gasteiger partial charge >= 0.3 is 5.97 Å². The number of carboxylic acid groups (broad SMARTS) is 1. The summed E-state index contributed by atoms with van der Waals surface area (Å²) in [5.41, 5.74) is 0.498. The molecule has 0 unspecified atom stereocenters. The minimum atomic E-state index is -1.24. The van der Waals surface area contributed by atoms with E-state index < -0.39 is 11.9 Å². The Kier molecular flexibility index (Phi) is 4.74. The number of carbonyl (C=O) groups is 2. The van der Waals surface area contributed by atoms with E-state index in [1.165, 1.54) is 17.2 Å². The minimum absolute atomic E-state index is 0.0930. The number of H-pyrrole nitrogens is 1. The van der Waals surface area contributed by atoms with E-state index >= 15 is 0 Å². The number of amides is 1. The molecule has 2 aromatic carbocycles. The summed E-state index contributed by atoms with van der Waals surface area (Å²) in [6, 6.07) is 13.3. The quantitative estimate of drug-likeness (QED) is 0.707. The number of aromatic carboxylic acids is 1. The van der Waals surface area contributed by atoms with Gasteiger partial charge in [-0.25, -0.2) is 4.79 Å². The zero-order valence-electron chi connectivity index (χ0n) is 12.6. The maximum Gasteiger partial charge on any atom is 0.356 e. The summed E-state index contributed by atoms with van der Waals surface area (Å²) in [5.74, 6) is -1.76. The summed E-state index contributed by atoms with van der Waals surface area (Å²) in [6.07, 6.45) is 1.27. The van der Waals surface area contributed by atoms with E-state index in [1.807, 2.05) is 0 Å². The number of aromatic nitrogens is 2. The van der Waals surface area contributed by atoms with Gasteiger partial charge in [0.15, 0.2) is 5.69 Å². The van der Waals surface area contributed by atoms with Crippen molar-refractivity contribution in [1.82, 2.24) is 10.2 Å². The van der Waals surface area contributed by atoms with Crippen molar-refractivity contribution in [3.8, 4) is 0 Å². The molecule has 126 valence electrons. The van der Waals surface area contributed by atoms with E-state index in [4.69, 9.17) is 23.2 Å². The number of hydrogen-bond donors (Lipinski definition) is 2. The first-order chi connectivity index (χ1) is 12.0. The van der Waals surface area contributed by atoms with Crippen LogP contribution in [0.25, 0.3) is 0 Å². The molecule has 1 heterocycles. The van der Waals surface area contributed by atoms with E-state index in [9.17, 15) is 14.7 Å². The predicted molar refractivity (Wildman–Crippen MR) is 94.9 cm³/mol. The maximum absolute atomic E-state index is 13.1. The number of nitrogens with one attached hydrogen (secondary N) is 1. The third-order valence-electron chi connectivity index (χ3n) is 3.47. The zero-order valence-corrected chi connectivity index (χ0v) is 14.1. The van der Waals surface area contributed by atoms with Gasteiger partial charge in [0.25, 0.3) is 5.91 Å². The van der Waals surface area contributed by atoms with Crippen molar-refractivity contribution in [2.45, 2.75) is 0 Å². The fraction of sp³-hybridized carbons (Fsp3) is 0. The van der Waals surface area contributed by atoms with Crippen LogP contribution in [0.3, 0.4) is 0 Å². The van der Waals surface area contributed by atoms with Crippen LogP contribution >= 0.6 is 23.2 Å². The normalized spacial score (nSPS) is 10.5. The lowest BCUT2D eigenvalue weighted by atomic mass is 10.1. The lowest BCUT2D eigenvalue weighted by Crippen LogP contribution is -2.27. The maximum atomic E-state index is 13.1. The monoisotopic (exact) mass is 375 g/mol. The number of carbonyl (C=O) groups excluding carboxylic acids is 1. The molecule has 0 spiro atoms. The molecule has 2 N–H and O–H groups in total. The lowest BCUT2D eigenvalue weighted by molar-refractivity contribution is 0.0691. The van der Waals surface area contributed by atoms with Crippen molar-refractivity contribution in [1.29, 1.82) is 0 Å². The summed E-state index contributed by atoms with van der Waals surface area (Å²) in [5, 5.41) is 15.8. The van der Waals surface area contributed by atoms with Gasteiger partial charge < -0.3 is 5.11 Å². The first-order valence-electron chi connectivity index (χ1n) is 7.11. The Balaban J connectivity index is 2.18. The van der Waals surface area contributed by atoms with Crippen molar-refractivity contribution in [2.24, 2.45) is 0 Å². The molecule has 6 nitrogen and oxygen atoms in total. The van der Waals surface area contributed by atoms with E-state index in [1.54, 1.807) is 42.5 Å². The standard InChI is InChI=1S/C17H11Cl2N3O3/c18-12-8-4-7-11(14(12)19)16(23)22(10-5-2-1-3-6-10)13-9-20-21-15(13)17(24)25/h1-9H,(H,20,21)(H,24,25). The van der Waals surface area contributed by atoms with Crippen LogP contribution in [0.15, 0.2) is 54.7 Å². The molecule has 0 bridgehead atoms. The van der Waals surface area contributed by atoms with E-state index in [0.717, 1.165) is 0 Å². The van der Waals surface area contributed by atoms with Crippen LogP contribution in [0.1, 0.15) is 20.8 Å². The third kappa shape index (κ3) is 3.22. The molecular formula is C17H11Cl2N3O3. The van der Waals surface area contributed by atoms with Crippen LogP contribution in [0.5, 0.6) is 0 Å². The second-order valence-electron chi connectivity index (χ2n) is 5.01. The van der Waals surface area contributed by atoms with Crippen LogP contribution in [0.4, 0.5) is 11.4 Å². The van der Waals surface area contributed by atoms with Crippen molar-refractivity contribution in [3.05, 3.63) is 76.0 Å². The average Bonchev–Trinajstić information content (AvgIpc) is 3.08. The van der Waals surface area contributed by atoms with Crippen LogP contribution < -0.4 is 4.90 Å². The van der Waals surface area contributed by atoms with Crippen LogP contribution in [0, 0.1) is 0 Å². The van der Waals surface area contributed by atoms with E-state index in [2.05, 4.69) is 10.2 Å². The summed E-state index contributed by atoms with van der Waals surface area (Å²) < 4.78 is 0. The Labute approximate surface area is 152 Å². The van der Waals surface area contributed by atoms with Gasteiger partial charge in [0.1, 0.15) is 5.69 Å². The fourth-order valence-electron chi connectivity index (χ4n) is 2.34. The van der Waals surface area contributed by atoms with Gasteiger partial charge in [0.05, 0.1) is 21.8 Å². The van der Waals surface area contributed by atoms with Gasteiger partial charge in [-0.3, -0.25) is 14.8 Å². The molecular weight excluding hydrogens is 365 g/mol. The number of halogens is 2. The molecule has 0 aliphatic carbocycles. The summed E-state index contributed by atoms with van der Waals surface area (Å²) in [4.78, 5) is 25.8. The fourth-order valence-corrected chi connectivity index (χ4v) is 2.72. The molecule has 0 saturated heterocycles. The molecule has 0 saturated carbocycles. The van der Waals surface area contributed by atoms with Gasteiger partial charge in [-0.1, -0.05) is 47.5 Å². The molecule has 25 heavy (non-hydrogen) atoms. The Morgan fingerprint density at radius 2 is 1.76 bits per heavy atom. The van der Waals surface area contributed by atoms with Gasteiger partial charge in [0.2, 0.25) is 0 Å². The second-order valence-corrected chi connectivity index (χ2v) is 5.80. The lowest BCUT2D eigenvalue weighted by Gasteiger charge is -2.22. The average molecular weight is 376 g/mol. The third-order valence-corrected chi connectivity index (χ3v) is 4.29. The Bertz CT molecular complexity index is 941. The molecule has 1 aromatic heterocycles. The Hall–Kier alpha value is -2.83. The molecule has 3 aromatic rings. The largest absolute Gasteiger partial charge is 0.476 e. The highest BCUT2D eigenvalue weighted by atomic mass is 35.5. The highest BCUT2D eigenvalue weighted by Gasteiger charge is 2.27. The minimum Gasteiger partial charge on any atom is -0.476 e. The summed E-state index contributed by atoms with van der Waals surface area (Å²) >= 11 is 12.2. The number of benzene rings is 2. The number of anilines is 2. The molecule has 8 heteroatoms. The van der Waals surface area contributed by atoms with Crippen molar-refractivity contribution >= 4 is 46.5 Å².